The number of carboxylic acid groups (broad SMARTS) is 1. The predicted octanol–water partition coefficient (Wildman–Crippen LogP) is 4.61. The monoisotopic (exact) mass is 594 g/mol. The highest BCUT2D eigenvalue weighted by Crippen LogP contribution is 2.35. The Hall–Kier alpha value is -3.11. The van der Waals surface area contributed by atoms with Gasteiger partial charge in [-0.05, 0) is 62.2 Å². The number of nitrogens with zero attached hydrogens (tertiary/aromatic N) is 2. The smallest absolute Gasteiger partial charge is 0.341 e. The Bertz CT molecular complexity index is 1620. The van der Waals surface area contributed by atoms with Crippen molar-refractivity contribution in [3.8, 4) is 5.75 Å². The topological polar surface area (TPSA) is 107 Å². The summed E-state index contributed by atoms with van der Waals surface area (Å²) in [5.41, 5.74) is 1.47. The van der Waals surface area contributed by atoms with Crippen LogP contribution in [-0.4, -0.2) is 34.3 Å². The summed E-state index contributed by atoms with van der Waals surface area (Å²) >= 11 is 19.8. The molecule has 198 valence electrons. The second kappa shape index (κ2) is 11.3. The van der Waals surface area contributed by atoms with E-state index in [1.54, 1.807) is 51.1 Å². The van der Waals surface area contributed by atoms with E-state index < -0.39 is 24.6 Å². The van der Waals surface area contributed by atoms with Crippen molar-refractivity contribution >= 4 is 64.2 Å². The molecule has 1 atom stereocenters. The van der Waals surface area contributed by atoms with Gasteiger partial charge in [0, 0.05) is 5.02 Å². The first-order valence-electron chi connectivity index (χ1n) is 11.3. The van der Waals surface area contributed by atoms with Crippen LogP contribution in [0.4, 0.5) is 0 Å². The van der Waals surface area contributed by atoms with Gasteiger partial charge in [-0.25, -0.2) is 14.6 Å². The molecule has 4 rings (SSSR count). The van der Waals surface area contributed by atoms with E-state index in [0.717, 1.165) is 11.3 Å². The Balaban J connectivity index is 1.86. The number of thiazole rings is 1. The second-order valence-electron chi connectivity index (χ2n) is 8.58. The number of hydrogen-bond acceptors (Lipinski definition) is 7. The minimum atomic E-state index is -1.18. The van der Waals surface area contributed by atoms with E-state index in [9.17, 15) is 14.4 Å². The number of allylic oxidation sites excluding steroid dienone is 1. The molecule has 0 aliphatic carbocycles. The maximum atomic E-state index is 13.7. The fourth-order valence-corrected chi connectivity index (χ4v) is 5.69. The number of esters is 1. The van der Waals surface area contributed by atoms with E-state index in [4.69, 9.17) is 49.4 Å². The third-order valence-corrected chi connectivity index (χ3v) is 7.22. The molecule has 8 nitrogen and oxygen atoms in total. The molecule has 0 saturated carbocycles. The number of hydrogen-bond donors (Lipinski definition) is 1. The Kier molecular flexibility index (Phi) is 8.32. The van der Waals surface area contributed by atoms with E-state index in [-0.39, 0.29) is 33.0 Å². The van der Waals surface area contributed by atoms with Gasteiger partial charge in [-0.2, -0.15) is 0 Å². The van der Waals surface area contributed by atoms with Crippen molar-refractivity contribution in [3.05, 3.63) is 93.6 Å². The van der Waals surface area contributed by atoms with Crippen LogP contribution in [0, 0.1) is 0 Å². The molecule has 1 aliphatic heterocycles. The van der Waals surface area contributed by atoms with Crippen molar-refractivity contribution < 1.29 is 24.2 Å². The van der Waals surface area contributed by atoms with Gasteiger partial charge in [-0.3, -0.25) is 9.36 Å². The molecule has 1 aliphatic rings. The number of aromatic nitrogens is 1. The number of aliphatic carboxylic acids is 1. The Morgan fingerprint density at radius 3 is 2.37 bits per heavy atom. The molecule has 38 heavy (non-hydrogen) atoms. The lowest BCUT2D eigenvalue weighted by Gasteiger charge is -2.25. The van der Waals surface area contributed by atoms with Crippen molar-refractivity contribution in [1.29, 1.82) is 0 Å². The van der Waals surface area contributed by atoms with Crippen LogP contribution in [0.5, 0.6) is 5.75 Å². The zero-order valence-electron chi connectivity index (χ0n) is 20.3. The third-order valence-electron chi connectivity index (χ3n) is 5.43. The average molecular weight is 596 g/mol. The van der Waals surface area contributed by atoms with Crippen LogP contribution in [0.3, 0.4) is 0 Å². The summed E-state index contributed by atoms with van der Waals surface area (Å²) in [6.07, 6.45) is 1.22. The van der Waals surface area contributed by atoms with E-state index in [0.29, 0.717) is 31.2 Å². The zero-order valence-corrected chi connectivity index (χ0v) is 23.4. The van der Waals surface area contributed by atoms with E-state index >= 15 is 0 Å². The van der Waals surface area contributed by atoms with Gasteiger partial charge in [0.2, 0.25) is 0 Å². The first-order valence-corrected chi connectivity index (χ1v) is 13.2. The SMILES string of the molecule is CC1=C(C(=O)OC(C)C)[C@@H](c2ccc(Cl)cc2)n2c(s/c(=C/c3cc(Cl)c(OCC(=O)O)c(Cl)c3)c2=O)=N1. The van der Waals surface area contributed by atoms with Crippen molar-refractivity contribution in [2.45, 2.75) is 32.9 Å². The Morgan fingerprint density at radius 1 is 1.16 bits per heavy atom. The van der Waals surface area contributed by atoms with Crippen molar-refractivity contribution in [1.82, 2.24) is 4.57 Å². The van der Waals surface area contributed by atoms with Gasteiger partial charge in [0.1, 0.15) is 0 Å². The van der Waals surface area contributed by atoms with Crippen molar-refractivity contribution in [2.75, 3.05) is 6.61 Å². The van der Waals surface area contributed by atoms with Crippen molar-refractivity contribution in [3.63, 3.8) is 0 Å². The maximum Gasteiger partial charge on any atom is 0.341 e. The quantitative estimate of drug-likeness (QED) is 0.400. The molecule has 12 heteroatoms. The molecule has 0 saturated heterocycles. The lowest BCUT2D eigenvalue weighted by molar-refractivity contribution is -0.143. The largest absolute Gasteiger partial charge is 0.479 e. The molecule has 0 bridgehead atoms. The van der Waals surface area contributed by atoms with Crippen LogP contribution < -0.4 is 19.6 Å². The fourth-order valence-electron chi connectivity index (χ4n) is 3.91. The van der Waals surface area contributed by atoms with Gasteiger partial charge in [-0.15, -0.1) is 0 Å². The molecule has 0 radical (unpaired) electrons. The molecule has 0 amide bonds. The lowest BCUT2D eigenvalue weighted by Crippen LogP contribution is -2.40. The van der Waals surface area contributed by atoms with Gasteiger partial charge in [0.15, 0.2) is 17.2 Å². The summed E-state index contributed by atoms with van der Waals surface area (Å²) in [4.78, 5) is 42.6. The van der Waals surface area contributed by atoms with Gasteiger partial charge < -0.3 is 14.6 Å². The predicted molar refractivity (Wildman–Crippen MR) is 146 cm³/mol. The second-order valence-corrected chi connectivity index (χ2v) is 10.8. The highest BCUT2D eigenvalue weighted by atomic mass is 35.5. The number of carbonyl (C=O) groups excluding carboxylic acids is 1. The van der Waals surface area contributed by atoms with Gasteiger partial charge in [-0.1, -0.05) is 58.3 Å². The maximum absolute atomic E-state index is 13.7. The summed E-state index contributed by atoms with van der Waals surface area (Å²) in [6, 6.07) is 9.11. The van der Waals surface area contributed by atoms with Gasteiger partial charge >= 0.3 is 11.9 Å². The standard InChI is InChI=1S/C26H21Cl3N2O6S/c1-12(2)37-25(35)21-13(3)30-26-31(22(21)15-4-6-16(27)7-5-15)24(34)19(38-26)10-14-8-17(28)23(18(29)9-14)36-11-20(32)33/h4-10,12,22H,11H2,1-3H3,(H,32,33)/b19-10+/t22-/m1/s1. The molecular formula is C26H21Cl3N2O6S. The highest BCUT2D eigenvalue weighted by Gasteiger charge is 2.33. The number of rotatable bonds is 7. The number of halogens is 3. The number of ether oxygens (including phenoxy) is 2. The molecule has 2 aromatic carbocycles. The average Bonchev–Trinajstić information content (AvgIpc) is 3.11. The first-order chi connectivity index (χ1) is 18.0. The van der Waals surface area contributed by atoms with E-state index in [1.165, 1.54) is 16.7 Å². The normalized spacial score (nSPS) is 15.3. The summed E-state index contributed by atoms with van der Waals surface area (Å²) in [5, 5.41) is 9.54. The van der Waals surface area contributed by atoms with Gasteiger partial charge in [0.25, 0.3) is 5.56 Å². The van der Waals surface area contributed by atoms with E-state index in [1.807, 2.05) is 0 Å². The highest BCUT2D eigenvalue weighted by molar-refractivity contribution is 7.07. The summed E-state index contributed by atoms with van der Waals surface area (Å²) in [7, 11) is 0. The number of benzene rings is 2. The van der Waals surface area contributed by atoms with Crippen LogP contribution >= 0.6 is 46.1 Å². The lowest BCUT2D eigenvalue weighted by atomic mass is 9.96. The van der Waals surface area contributed by atoms with E-state index in [2.05, 4.69) is 4.99 Å². The summed E-state index contributed by atoms with van der Waals surface area (Å²) in [5.74, 6) is -1.71. The number of carbonyl (C=O) groups is 2. The van der Waals surface area contributed by atoms with Crippen LogP contribution in [0.15, 0.2) is 57.5 Å². The fraction of sp³-hybridized carbons (Fsp3) is 0.231. The molecule has 0 fully saturated rings. The minimum Gasteiger partial charge on any atom is -0.479 e. The number of fused-ring (bicyclic) bond motifs is 1. The molecule has 3 aromatic rings. The minimum absolute atomic E-state index is 0.0287. The van der Waals surface area contributed by atoms with Crippen LogP contribution in [0.2, 0.25) is 15.1 Å². The Labute approximate surface area is 236 Å². The molecule has 0 unspecified atom stereocenters. The molecule has 1 N–H and O–H groups in total. The molecule has 2 heterocycles. The molecular weight excluding hydrogens is 575 g/mol. The van der Waals surface area contributed by atoms with Crippen LogP contribution in [0.25, 0.3) is 6.08 Å². The summed E-state index contributed by atoms with van der Waals surface area (Å²) in [6.45, 7) is 4.58. The molecule has 0 spiro atoms. The summed E-state index contributed by atoms with van der Waals surface area (Å²) < 4.78 is 12.4. The first kappa shape index (κ1) is 27.9. The van der Waals surface area contributed by atoms with Crippen molar-refractivity contribution in [2.24, 2.45) is 4.99 Å². The molecule has 1 aromatic heterocycles. The number of carboxylic acids is 1. The Morgan fingerprint density at radius 2 is 1.79 bits per heavy atom. The third kappa shape index (κ3) is 5.81. The zero-order chi connectivity index (χ0) is 27.7. The van der Waals surface area contributed by atoms with Crippen LogP contribution in [0.1, 0.15) is 37.9 Å². The van der Waals surface area contributed by atoms with Gasteiger partial charge in [0.05, 0.1) is 38.0 Å². The van der Waals surface area contributed by atoms with Crippen LogP contribution in [-0.2, 0) is 14.3 Å².